The highest BCUT2D eigenvalue weighted by Crippen LogP contribution is 2.33. The first kappa shape index (κ1) is 15.1. The van der Waals surface area contributed by atoms with Gasteiger partial charge in [0, 0.05) is 18.2 Å². The van der Waals surface area contributed by atoms with E-state index in [0.717, 1.165) is 42.6 Å². The zero-order valence-electron chi connectivity index (χ0n) is 13.3. The van der Waals surface area contributed by atoms with E-state index in [4.69, 9.17) is 4.98 Å². The van der Waals surface area contributed by atoms with Crippen LogP contribution < -0.4 is 0 Å². The molecule has 1 aliphatic rings. The predicted molar refractivity (Wildman–Crippen MR) is 90.5 cm³/mol. The van der Waals surface area contributed by atoms with Gasteiger partial charge in [0.05, 0.1) is 18.2 Å². The second-order valence-corrected chi connectivity index (χ2v) is 6.46. The van der Waals surface area contributed by atoms with Crippen LogP contribution in [0.25, 0.3) is 22.6 Å². The molecule has 6 nitrogen and oxygen atoms in total. The number of aliphatic hydroxyl groups is 1. The summed E-state index contributed by atoms with van der Waals surface area (Å²) in [6, 6.07) is 7.32. The first-order chi connectivity index (χ1) is 11.7. The van der Waals surface area contributed by atoms with Crippen molar-refractivity contribution in [3.8, 4) is 17.0 Å². The van der Waals surface area contributed by atoms with Crippen molar-refractivity contribution in [2.45, 2.75) is 31.7 Å². The van der Waals surface area contributed by atoms with Gasteiger partial charge in [-0.15, -0.1) is 0 Å². The van der Waals surface area contributed by atoms with Crippen molar-refractivity contribution in [2.24, 2.45) is 5.92 Å². The lowest BCUT2D eigenvalue weighted by atomic mass is 9.86. The fraction of sp³-hybridized carbons (Fsp3) is 0.389. The van der Waals surface area contributed by atoms with Gasteiger partial charge >= 0.3 is 0 Å². The minimum atomic E-state index is 0.235. The largest absolute Gasteiger partial charge is 0.508 e. The summed E-state index contributed by atoms with van der Waals surface area (Å²) in [5, 5.41) is 18.7. The number of imidazole rings is 1. The number of phenols is 1. The van der Waals surface area contributed by atoms with E-state index < -0.39 is 0 Å². The van der Waals surface area contributed by atoms with Gasteiger partial charge in [-0.3, -0.25) is 0 Å². The highest BCUT2D eigenvalue weighted by molar-refractivity contribution is 5.71. The van der Waals surface area contributed by atoms with Crippen molar-refractivity contribution in [1.29, 1.82) is 0 Å². The molecule has 2 aromatic heterocycles. The molecule has 0 amide bonds. The van der Waals surface area contributed by atoms with Gasteiger partial charge in [-0.1, -0.05) is 0 Å². The third-order valence-electron chi connectivity index (χ3n) is 4.92. The highest BCUT2D eigenvalue weighted by Gasteiger charge is 2.23. The van der Waals surface area contributed by atoms with E-state index in [1.165, 1.54) is 0 Å². The fourth-order valence-corrected chi connectivity index (χ4v) is 3.45. The summed E-state index contributed by atoms with van der Waals surface area (Å²) in [7, 11) is 0. The van der Waals surface area contributed by atoms with Crippen molar-refractivity contribution in [2.75, 3.05) is 6.61 Å². The smallest absolute Gasteiger partial charge is 0.197 e. The maximum atomic E-state index is 9.43. The van der Waals surface area contributed by atoms with Gasteiger partial charge in [-0.05, 0) is 55.9 Å². The molecule has 3 aromatic rings. The van der Waals surface area contributed by atoms with E-state index in [-0.39, 0.29) is 12.4 Å². The molecule has 1 fully saturated rings. The van der Waals surface area contributed by atoms with Crippen LogP contribution in [0.2, 0.25) is 0 Å². The van der Waals surface area contributed by atoms with Gasteiger partial charge < -0.3 is 14.8 Å². The van der Waals surface area contributed by atoms with Crippen LogP contribution >= 0.6 is 0 Å². The number of nitrogens with zero attached hydrogens (tertiary/aromatic N) is 4. The molecule has 6 heteroatoms. The Hall–Kier alpha value is -2.47. The number of hydrogen-bond acceptors (Lipinski definition) is 5. The third kappa shape index (κ3) is 2.73. The Kier molecular flexibility index (Phi) is 3.90. The monoisotopic (exact) mass is 324 g/mol. The molecule has 2 heterocycles. The standard InChI is InChI=1S/C18H20N4O2/c23-10-12-1-5-14(6-2-12)22-11-20-17-18(22)21-16(9-19-17)13-3-7-15(24)8-4-13/h3-4,7-9,11-12,14,23-24H,1-2,5-6,10H2/t12-,14-. The van der Waals surface area contributed by atoms with Gasteiger partial charge in [0.1, 0.15) is 5.75 Å². The molecule has 4 rings (SSSR count). The number of aliphatic hydroxyl groups excluding tert-OH is 1. The number of phenolic OH excluding ortho intramolecular Hbond substituents is 1. The Morgan fingerprint density at radius 3 is 2.50 bits per heavy atom. The highest BCUT2D eigenvalue weighted by atomic mass is 16.3. The molecule has 1 aliphatic carbocycles. The molecular weight excluding hydrogens is 304 g/mol. The van der Waals surface area contributed by atoms with Crippen LogP contribution in [-0.2, 0) is 0 Å². The van der Waals surface area contributed by atoms with Gasteiger partial charge in [-0.2, -0.15) is 0 Å². The van der Waals surface area contributed by atoms with E-state index >= 15 is 0 Å². The van der Waals surface area contributed by atoms with Crippen molar-refractivity contribution >= 4 is 11.3 Å². The summed E-state index contributed by atoms with van der Waals surface area (Å²) < 4.78 is 2.12. The fourth-order valence-electron chi connectivity index (χ4n) is 3.45. The Morgan fingerprint density at radius 2 is 1.79 bits per heavy atom. The quantitative estimate of drug-likeness (QED) is 0.774. The van der Waals surface area contributed by atoms with Crippen molar-refractivity contribution < 1.29 is 10.2 Å². The molecule has 0 unspecified atom stereocenters. The molecule has 0 radical (unpaired) electrons. The predicted octanol–water partition coefficient (Wildman–Crippen LogP) is 2.92. The third-order valence-corrected chi connectivity index (χ3v) is 4.92. The molecule has 124 valence electrons. The van der Waals surface area contributed by atoms with Crippen LogP contribution in [0.4, 0.5) is 0 Å². The average molecular weight is 324 g/mol. The van der Waals surface area contributed by atoms with Gasteiger partial charge in [-0.25, -0.2) is 15.0 Å². The minimum Gasteiger partial charge on any atom is -0.508 e. The molecule has 2 N–H and O–H groups in total. The zero-order valence-corrected chi connectivity index (χ0v) is 13.3. The van der Waals surface area contributed by atoms with Crippen molar-refractivity contribution in [3.05, 3.63) is 36.8 Å². The Balaban J connectivity index is 1.67. The molecule has 0 aliphatic heterocycles. The molecular formula is C18H20N4O2. The maximum absolute atomic E-state index is 9.43. The van der Waals surface area contributed by atoms with Gasteiger partial charge in [0.15, 0.2) is 11.3 Å². The lowest BCUT2D eigenvalue weighted by molar-refractivity contribution is 0.169. The summed E-state index contributed by atoms with van der Waals surface area (Å²) in [5.74, 6) is 0.660. The molecule has 1 saturated carbocycles. The molecule has 0 saturated heterocycles. The zero-order chi connectivity index (χ0) is 16.5. The Labute approximate surface area is 139 Å². The SMILES string of the molecule is OC[C@H]1CC[C@H](n2cnc3ncc(-c4ccc(O)cc4)nc32)CC1. The molecule has 0 atom stereocenters. The Morgan fingerprint density at radius 1 is 1.04 bits per heavy atom. The molecule has 1 aromatic carbocycles. The molecule has 0 bridgehead atoms. The summed E-state index contributed by atoms with van der Waals surface area (Å²) in [5.41, 5.74) is 3.14. The van der Waals surface area contributed by atoms with E-state index in [2.05, 4.69) is 14.5 Å². The van der Waals surface area contributed by atoms with Crippen LogP contribution in [0.3, 0.4) is 0 Å². The van der Waals surface area contributed by atoms with Crippen LogP contribution in [0.15, 0.2) is 36.8 Å². The first-order valence-electron chi connectivity index (χ1n) is 8.34. The van der Waals surface area contributed by atoms with Crippen LogP contribution in [-0.4, -0.2) is 36.3 Å². The number of aromatic nitrogens is 4. The normalized spacial score (nSPS) is 21.2. The summed E-state index contributed by atoms with van der Waals surface area (Å²) in [6.45, 7) is 0.280. The van der Waals surface area contributed by atoms with E-state index in [1.807, 2.05) is 18.5 Å². The van der Waals surface area contributed by atoms with Gasteiger partial charge in [0.2, 0.25) is 0 Å². The molecule has 24 heavy (non-hydrogen) atoms. The van der Waals surface area contributed by atoms with Crippen molar-refractivity contribution in [3.63, 3.8) is 0 Å². The van der Waals surface area contributed by atoms with Crippen LogP contribution in [0, 0.1) is 5.92 Å². The number of hydrogen-bond donors (Lipinski definition) is 2. The van der Waals surface area contributed by atoms with E-state index in [9.17, 15) is 10.2 Å². The second kappa shape index (κ2) is 6.20. The number of rotatable bonds is 3. The number of aromatic hydroxyl groups is 1. The summed E-state index contributed by atoms with van der Waals surface area (Å²) in [6.07, 6.45) is 7.67. The van der Waals surface area contributed by atoms with E-state index in [0.29, 0.717) is 17.6 Å². The second-order valence-electron chi connectivity index (χ2n) is 6.46. The molecule has 0 spiro atoms. The van der Waals surface area contributed by atoms with Crippen molar-refractivity contribution in [1.82, 2.24) is 19.5 Å². The number of benzene rings is 1. The maximum Gasteiger partial charge on any atom is 0.197 e. The topological polar surface area (TPSA) is 84.1 Å². The minimum absolute atomic E-state index is 0.235. The first-order valence-corrected chi connectivity index (χ1v) is 8.34. The number of fused-ring (bicyclic) bond motifs is 1. The summed E-state index contributed by atoms with van der Waals surface area (Å²) in [4.78, 5) is 13.6. The van der Waals surface area contributed by atoms with Gasteiger partial charge in [0.25, 0.3) is 0 Å². The van der Waals surface area contributed by atoms with Crippen LogP contribution in [0.5, 0.6) is 5.75 Å². The lowest BCUT2D eigenvalue weighted by Crippen LogP contribution is -2.20. The van der Waals surface area contributed by atoms with Crippen LogP contribution in [0.1, 0.15) is 31.7 Å². The van der Waals surface area contributed by atoms with E-state index in [1.54, 1.807) is 18.3 Å². The Bertz CT molecular complexity index is 836. The summed E-state index contributed by atoms with van der Waals surface area (Å²) >= 11 is 0. The lowest BCUT2D eigenvalue weighted by Gasteiger charge is -2.28. The average Bonchev–Trinajstić information content (AvgIpc) is 3.05.